The van der Waals surface area contributed by atoms with E-state index in [9.17, 15) is 4.79 Å². The molecule has 138 valence electrons. The van der Waals surface area contributed by atoms with Gasteiger partial charge in [0.15, 0.2) is 0 Å². The van der Waals surface area contributed by atoms with Crippen LogP contribution >= 0.6 is 11.6 Å². The van der Waals surface area contributed by atoms with Gasteiger partial charge in [0.25, 0.3) is 5.91 Å². The highest BCUT2D eigenvalue weighted by atomic mass is 35.5. The molecule has 0 aliphatic carbocycles. The average Bonchev–Trinajstić information content (AvgIpc) is 2.66. The van der Waals surface area contributed by atoms with Gasteiger partial charge in [0.2, 0.25) is 5.95 Å². The van der Waals surface area contributed by atoms with Crippen LogP contribution in [0.25, 0.3) is 0 Å². The van der Waals surface area contributed by atoms with E-state index in [2.05, 4.69) is 27.5 Å². The SMILES string of the molecule is CCc1cccc(C)c1NC(=O)c1cnc(Nc2ccc(Cl)cc2C)nc1. The first kappa shape index (κ1) is 18.9. The molecule has 0 fully saturated rings. The van der Waals surface area contributed by atoms with E-state index in [4.69, 9.17) is 11.6 Å². The number of nitrogens with zero attached hydrogens (tertiary/aromatic N) is 2. The predicted molar refractivity (Wildman–Crippen MR) is 110 cm³/mol. The Bertz CT molecular complexity index is 970. The van der Waals surface area contributed by atoms with Gasteiger partial charge in [-0.3, -0.25) is 4.79 Å². The van der Waals surface area contributed by atoms with E-state index in [1.807, 2.05) is 44.2 Å². The van der Waals surface area contributed by atoms with Crippen molar-refractivity contribution in [3.8, 4) is 0 Å². The minimum absolute atomic E-state index is 0.228. The zero-order chi connectivity index (χ0) is 19.4. The number of amides is 1. The highest BCUT2D eigenvalue weighted by Gasteiger charge is 2.12. The van der Waals surface area contributed by atoms with E-state index < -0.39 is 0 Å². The van der Waals surface area contributed by atoms with Gasteiger partial charge < -0.3 is 10.6 Å². The van der Waals surface area contributed by atoms with Crippen LogP contribution in [0.2, 0.25) is 5.02 Å². The molecule has 0 bridgehead atoms. The van der Waals surface area contributed by atoms with Crippen LogP contribution in [0.5, 0.6) is 0 Å². The summed E-state index contributed by atoms with van der Waals surface area (Å²) in [6, 6.07) is 11.5. The summed E-state index contributed by atoms with van der Waals surface area (Å²) in [6.07, 6.45) is 3.87. The number of aryl methyl sites for hydroxylation is 3. The third kappa shape index (κ3) is 4.44. The van der Waals surface area contributed by atoms with Crippen LogP contribution in [0.4, 0.5) is 17.3 Å². The molecular formula is C21H21ClN4O. The maximum absolute atomic E-state index is 12.6. The summed E-state index contributed by atoms with van der Waals surface area (Å²) in [5.41, 5.74) is 5.23. The van der Waals surface area contributed by atoms with E-state index in [1.165, 1.54) is 12.4 Å². The molecular weight excluding hydrogens is 360 g/mol. The van der Waals surface area contributed by atoms with Crippen molar-refractivity contribution < 1.29 is 4.79 Å². The third-order valence-electron chi connectivity index (χ3n) is 4.33. The lowest BCUT2D eigenvalue weighted by Gasteiger charge is -2.13. The molecule has 0 atom stereocenters. The fourth-order valence-corrected chi connectivity index (χ4v) is 3.01. The Labute approximate surface area is 163 Å². The first-order chi connectivity index (χ1) is 13.0. The summed E-state index contributed by atoms with van der Waals surface area (Å²) >= 11 is 5.97. The van der Waals surface area contributed by atoms with Crippen LogP contribution in [-0.2, 0) is 6.42 Å². The molecule has 3 rings (SSSR count). The molecule has 2 aromatic carbocycles. The molecule has 0 aliphatic heterocycles. The fraction of sp³-hybridized carbons (Fsp3) is 0.190. The Hall–Kier alpha value is -2.92. The van der Waals surface area contributed by atoms with E-state index in [0.29, 0.717) is 16.5 Å². The number of aromatic nitrogens is 2. The molecule has 27 heavy (non-hydrogen) atoms. The number of halogens is 1. The van der Waals surface area contributed by atoms with Crippen LogP contribution < -0.4 is 10.6 Å². The van der Waals surface area contributed by atoms with Gasteiger partial charge in [-0.25, -0.2) is 9.97 Å². The number of carbonyl (C=O) groups is 1. The quantitative estimate of drug-likeness (QED) is 0.629. The highest BCUT2D eigenvalue weighted by Crippen LogP contribution is 2.23. The van der Waals surface area contributed by atoms with Crippen LogP contribution in [-0.4, -0.2) is 15.9 Å². The molecule has 0 spiro atoms. The second kappa shape index (κ2) is 8.18. The third-order valence-corrected chi connectivity index (χ3v) is 4.56. The predicted octanol–water partition coefficient (Wildman–Crippen LogP) is 5.31. The number of para-hydroxylation sites is 1. The Kier molecular flexibility index (Phi) is 5.72. The van der Waals surface area contributed by atoms with Crippen LogP contribution in [0.15, 0.2) is 48.8 Å². The molecule has 6 heteroatoms. The molecule has 0 saturated carbocycles. The van der Waals surface area contributed by atoms with Crippen molar-refractivity contribution in [2.45, 2.75) is 27.2 Å². The van der Waals surface area contributed by atoms with Gasteiger partial charge >= 0.3 is 0 Å². The first-order valence-electron chi connectivity index (χ1n) is 8.73. The molecule has 0 unspecified atom stereocenters. The minimum atomic E-state index is -0.228. The minimum Gasteiger partial charge on any atom is -0.324 e. The smallest absolute Gasteiger partial charge is 0.258 e. The van der Waals surface area contributed by atoms with Gasteiger partial charge in [-0.1, -0.05) is 36.7 Å². The Morgan fingerprint density at radius 3 is 2.48 bits per heavy atom. The normalized spacial score (nSPS) is 10.5. The Morgan fingerprint density at radius 1 is 1.07 bits per heavy atom. The van der Waals surface area contributed by atoms with Crippen molar-refractivity contribution in [1.29, 1.82) is 0 Å². The number of carbonyl (C=O) groups excluding carboxylic acids is 1. The maximum Gasteiger partial charge on any atom is 0.258 e. The van der Waals surface area contributed by atoms with E-state index in [-0.39, 0.29) is 5.91 Å². The van der Waals surface area contributed by atoms with Crippen molar-refractivity contribution in [1.82, 2.24) is 9.97 Å². The van der Waals surface area contributed by atoms with Crippen molar-refractivity contribution in [3.63, 3.8) is 0 Å². The summed E-state index contributed by atoms with van der Waals surface area (Å²) in [5.74, 6) is 0.190. The molecule has 1 heterocycles. The lowest BCUT2D eigenvalue weighted by Crippen LogP contribution is -2.15. The monoisotopic (exact) mass is 380 g/mol. The molecule has 0 aliphatic rings. The topological polar surface area (TPSA) is 66.9 Å². The van der Waals surface area contributed by atoms with Crippen molar-refractivity contribution in [2.75, 3.05) is 10.6 Å². The Balaban J connectivity index is 1.74. The number of nitrogens with one attached hydrogen (secondary N) is 2. The highest BCUT2D eigenvalue weighted by molar-refractivity contribution is 6.30. The molecule has 1 amide bonds. The second-order valence-electron chi connectivity index (χ2n) is 6.30. The van der Waals surface area contributed by atoms with Crippen molar-refractivity contribution >= 4 is 34.8 Å². The van der Waals surface area contributed by atoms with E-state index >= 15 is 0 Å². The fourth-order valence-electron chi connectivity index (χ4n) is 2.79. The molecule has 0 saturated heterocycles. The summed E-state index contributed by atoms with van der Waals surface area (Å²) in [6.45, 7) is 5.99. The summed E-state index contributed by atoms with van der Waals surface area (Å²) in [4.78, 5) is 21.1. The average molecular weight is 381 g/mol. The number of hydrogen-bond donors (Lipinski definition) is 2. The molecule has 1 aromatic heterocycles. The van der Waals surface area contributed by atoms with Gasteiger partial charge in [-0.05, 0) is 55.2 Å². The Morgan fingerprint density at radius 2 is 1.81 bits per heavy atom. The lowest BCUT2D eigenvalue weighted by molar-refractivity contribution is 0.102. The number of rotatable bonds is 5. The summed E-state index contributed by atoms with van der Waals surface area (Å²) < 4.78 is 0. The first-order valence-corrected chi connectivity index (χ1v) is 9.10. The number of anilines is 3. The molecule has 2 N–H and O–H groups in total. The molecule has 3 aromatic rings. The number of benzene rings is 2. The van der Waals surface area contributed by atoms with Crippen LogP contribution in [0.1, 0.15) is 34.0 Å². The van der Waals surface area contributed by atoms with E-state index in [1.54, 1.807) is 6.07 Å². The summed E-state index contributed by atoms with van der Waals surface area (Å²) in [5, 5.41) is 6.78. The van der Waals surface area contributed by atoms with Gasteiger partial charge in [0.1, 0.15) is 0 Å². The zero-order valence-electron chi connectivity index (χ0n) is 15.5. The summed E-state index contributed by atoms with van der Waals surface area (Å²) in [7, 11) is 0. The largest absolute Gasteiger partial charge is 0.324 e. The number of hydrogen-bond acceptors (Lipinski definition) is 4. The molecule has 0 radical (unpaired) electrons. The van der Waals surface area contributed by atoms with Crippen molar-refractivity contribution in [2.24, 2.45) is 0 Å². The van der Waals surface area contributed by atoms with E-state index in [0.717, 1.165) is 34.5 Å². The zero-order valence-corrected chi connectivity index (χ0v) is 16.3. The molecule has 5 nitrogen and oxygen atoms in total. The van der Waals surface area contributed by atoms with Crippen LogP contribution in [0.3, 0.4) is 0 Å². The van der Waals surface area contributed by atoms with Gasteiger partial charge in [-0.15, -0.1) is 0 Å². The van der Waals surface area contributed by atoms with Gasteiger partial charge in [0, 0.05) is 28.8 Å². The lowest BCUT2D eigenvalue weighted by atomic mass is 10.1. The second-order valence-corrected chi connectivity index (χ2v) is 6.73. The van der Waals surface area contributed by atoms with Crippen molar-refractivity contribution in [3.05, 3.63) is 76.1 Å². The maximum atomic E-state index is 12.6. The van der Waals surface area contributed by atoms with Gasteiger partial charge in [0.05, 0.1) is 5.56 Å². The standard InChI is InChI=1S/C21H21ClN4O/c1-4-15-7-5-6-13(2)19(15)26-20(27)16-11-23-21(24-12-16)25-18-9-8-17(22)10-14(18)3/h5-12H,4H2,1-3H3,(H,26,27)(H,23,24,25). The van der Waals surface area contributed by atoms with Crippen LogP contribution in [0, 0.1) is 13.8 Å². The van der Waals surface area contributed by atoms with Gasteiger partial charge in [-0.2, -0.15) is 0 Å².